The van der Waals surface area contributed by atoms with Gasteiger partial charge in [0, 0.05) is 24.0 Å². The molecule has 10 heteroatoms. The van der Waals surface area contributed by atoms with Crippen LogP contribution < -0.4 is 10.6 Å². The lowest BCUT2D eigenvalue weighted by Crippen LogP contribution is -2.35. The Morgan fingerprint density at radius 1 is 1.00 bits per heavy atom. The summed E-state index contributed by atoms with van der Waals surface area (Å²) in [6.45, 7) is 0. The highest BCUT2D eigenvalue weighted by Crippen LogP contribution is 2.36. The first-order chi connectivity index (χ1) is 15.3. The van der Waals surface area contributed by atoms with Crippen LogP contribution in [0.1, 0.15) is 22.9 Å². The molecule has 0 aliphatic rings. The molecule has 0 saturated heterocycles. The number of aromatic nitrogens is 3. The van der Waals surface area contributed by atoms with Crippen LogP contribution in [0, 0.1) is 0 Å². The lowest BCUT2D eigenvalue weighted by Gasteiger charge is -2.22. The van der Waals surface area contributed by atoms with Crippen molar-refractivity contribution in [1.29, 1.82) is 0 Å². The van der Waals surface area contributed by atoms with Crippen LogP contribution >= 0.6 is 11.6 Å². The van der Waals surface area contributed by atoms with Crippen LogP contribution in [0.2, 0.25) is 5.02 Å². The van der Waals surface area contributed by atoms with Gasteiger partial charge >= 0.3 is 12.2 Å². The number of rotatable bonds is 4. The maximum absolute atomic E-state index is 13.7. The molecule has 6 nitrogen and oxygen atoms in total. The molecule has 1 atom stereocenters. The SMILES string of the molecule is O=C(Nc1cccnc1)N[C@@H](c1cnc2c(Cl)cccc2c1)c1ncccc1C(F)(F)F. The Morgan fingerprint density at radius 2 is 1.81 bits per heavy atom. The molecular formula is C22H15ClF3N5O. The fraction of sp³-hybridized carbons (Fsp3) is 0.0909. The number of urea groups is 1. The molecule has 1 aromatic carbocycles. The van der Waals surface area contributed by atoms with Gasteiger partial charge in [0.15, 0.2) is 0 Å². The van der Waals surface area contributed by atoms with E-state index in [1.165, 1.54) is 30.9 Å². The van der Waals surface area contributed by atoms with Gasteiger partial charge in [0.25, 0.3) is 0 Å². The molecule has 0 saturated carbocycles. The molecule has 0 spiro atoms. The normalized spacial score (nSPS) is 12.4. The van der Waals surface area contributed by atoms with Crippen molar-refractivity contribution in [3.8, 4) is 0 Å². The standard InChI is InChI=1S/C22H15ClF3N5O/c23-17-7-1-4-13-10-14(11-29-18(13)17)19(20-16(22(24,25)26)6-3-9-28-20)31-21(32)30-15-5-2-8-27-12-15/h1-12,19H,(H2,30,31,32)/t19-/m0/s1. The molecular weight excluding hydrogens is 443 g/mol. The first-order valence-electron chi connectivity index (χ1n) is 9.37. The van der Waals surface area contributed by atoms with Gasteiger partial charge in [-0.05, 0) is 42.0 Å². The molecule has 4 aromatic rings. The summed E-state index contributed by atoms with van der Waals surface area (Å²) in [6.07, 6.45) is 0.885. The summed E-state index contributed by atoms with van der Waals surface area (Å²) in [5.74, 6) is 0. The number of halogens is 4. The second-order valence-corrected chi connectivity index (χ2v) is 7.19. The average Bonchev–Trinajstić information content (AvgIpc) is 2.77. The molecule has 0 radical (unpaired) electrons. The maximum atomic E-state index is 13.7. The summed E-state index contributed by atoms with van der Waals surface area (Å²) < 4.78 is 41.1. The number of anilines is 1. The zero-order valence-corrected chi connectivity index (χ0v) is 17.0. The molecule has 2 N–H and O–H groups in total. The minimum absolute atomic E-state index is 0.310. The molecule has 0 fully saturated rings. The average molecular weight is 458 g/mol. The maximum Gasteiger partial charge on any atom is 0.418 e. The van der Waals surface area contributed by atoms with E-state index in [2.05, 4.69) is 25.6 Å². The predicted molar refractivity (Wildman–Crippen MR) is 114 cm³/mol. The first-order valence-corrected chi connectivity index (χ1v) is 9.74. The van der Waals surface area contributed by atoms with Crippen LogP contribution in [0.4, 0.5) is 23.7 Å². The van der Waals surface area contributed by atoms with Crippen molar-refractivity contribution in [1.82, 2.24) is 20.3 Å². The highest BCUT2D eigenvalue weighted by Gasteiger charge is 2.37. The van der Waals surface area contributed by atoms with E-state index in [1.54, 1.807) is 36.4 Å². The Kier molecular flexibility index (Phi) is 5.91. The molecule has 0 aliphatic heterocycles. The van der Waals surface area contributed by atoms with E-state index in [4.69, 9.17) is 11.6 Å². The van der Waals surface area contributed by atoms with E-state index in [0.717, 1.165) is 6.07 Å². The van der Waals surface area contributed by atoms with Gasteiger partial charge in [-0.1, -0.05) is 23.7 Å². The molecule has 0 bridgehead atoms. The van der Waals surface area contributed by atoms with Crippen LogP contribution in [-0.4, -0.2) is 21.0 Å². The quantitative estimate of drug-likeness (QED) is 0.417. The van der Waals surface area contributed by atoms with Gasteiger partial charge in [0.05, 0.1) is 33.7 Å². The zero-order chi connectivity index (χ0) is 22.7. The Morgan fingerprint density at radius 3 is 2.56 bits per heavy atom. The second-order valence-electron chi connectivity index (χ2n) is 6.79. The molecule has 0 unspecified atom stereocenters. The lowest BCUT2D eigenvalue weighted by molar-refractivity contribution is -0.138. The second kappa shape index (κ2) is 8.80. The fourth-order valence-corrected chi connectivity index (χ4v) is 3.46. The summed E-state index contributed by atoms with van der Waals surface area (Å²) in [6, 6.07) is 10.1. The Balaban J connectivity index is 1.78. The van der Waals surface area contributed by atoms with Gasteiger partial charge in [-0.15, -0.1) is 0 Å². The third-order valence-electron chi connectivity index (χ3n) is 4.63. The Labute approximate surface area is 185 Å². The summed E-state index contributed by atoms with van der Waals surface area (Å²) in [4.78, 5) is 24.8. The summed E-state index contributed by atoms with van der Waals surface area (Å²) in [5.41, 5.74) is -0.134. The number of alkyl halides is 3. The van der Waals surface area contributed by atoms with E-state index < -0.39 is 23.8 Å². The third-order valence-corrected chi connectivity index (χ3v) is 4.93. The number of carbonyl (C=O) groups is 1. The van der Waals surface area contributed by atoms with Crippen LogP contribution in [0.15, 0.2) is 73.3 Å². The van der Waals surface area contributed by atoms with E-state index in [1.807, 2.05) is 0 Å². The van der Waals surface area contributed by atoms with E-state index in [0.29, 0.717) is 27.2 Å². The zero-order valence-electron chi connectivity index (χ0n) is 16.3. The van der Waals surface area contributed by atoms with Crippen molar-refractivity contribution >= 4 is 34.2 Å². The largest absolute Gasteiger partial charge is 0.418 e. The number of nitrogens with zero attached hydrogens (tertiary/aromatic N) is 3. The van der Waals surface area contributed by atoms with Gasteiger partial charge in [-0.2, -0.15) is 13.2 Å². The smallest absolute Gasteiger partial charge is 0.325 e. The van der Waals surface area contributed by atoms with Crippen LogP contribution in [0.3, 0.4) is 0 Å². The lowest BCUT2D eigenvalue weighted by atomic mass is 9.99. The first kappa shape index (κ1) is 21.5. The van der Waals surface area contributed by atoms with Crippen molar-refractivity contribution in [2.24, 2.45) is 0 Å². The number of nitrogens with one attached hydrogen (secondary N) is 2. The number of pyridine rings is 3. The topological polar surface area (TPSA) is 79.8 Å². The molecule has 2 amide bonds. The molecule has 3 heterocycles. The Bertz CT molecular complexity index is 1270. The molecule has 0 aliphatic carbocycles. The number of amides is 2. The number of hydrogen-bond donors (Lipinski definition) is 2. The third kappa shape index (κ3) is 4.62. The van der Waals surface area contributed by atoms with Crippen molar-refractivity contribution in [2.45, 2.75) is 12.2 Å². The van der Waals surface area contributed by atoms with Gasteiger partial charge in [-0.25, -0.2) is 4.79 Å². The highest BCUT2D eigenvalue weighted by atomic mass is 35.5. The number of hydrogen-bond acceptors (Lipinski definition) is 4. The summed E-state index contributed by atoms with van der Waals surface area (Å²) in [5, 5.41) is 6.14. The van der Waals surface area contributed by atoms with Gasteiger partial charge in [0.2, 0.25) is 0 Å². The molecule has 3 aromatic heterocycles. The van der Waals surface area contributed by atoms with E-state index in [9.17, 15) is 18.0 Å². The molecule has 4 rings (SSSR count). The van der Waals surface area contributed by atoms with E-state index >= 15 is 0 Å². The summed E-state index contributed by atoms with van der Waals surface area (Å²) in [7, 11) is 0. The number of carbonyl (C=O) groups excluding carboxylic acids is 1. The van der Waals surface area contributed by atoms with Gasteiger partial charge in [-0.3, -0.25) is 15.0 Å². The Hall–Kier alpha value is -3.72. The predicted octanol–water partition coefficient (Wildman–Crippen LogP) is 5.61. The number of fused-ring (bicyclic) bond motifs is 1. The van der Waals surface area contributed by atoms with Crippen molar-refractivity contribution < 1.29 is 18.0 Å². The van der Waals surface area contributed by atoms with Gasteiger partial charge in [0.1, 0.15) is 6.04 Å². The number of para-hydroxylation sites is 1. The monoisotopic (exact) mass is 457 g/mol. The summed E-state index contributed by atoms with van der Waals surface area (Å²) >= 11 is 6.16. The van der Waals surface area contributed by atoms with Gasteiger partial charge < -0.3 is 10.6 Å². The highest BCUT2D eigenvalue weighted by molar-refractivity contribution is 6.35. The van der Waals surface area contributed by atoms with Crippen molar-refractivity contribution in [2.75, 3.05) is 5.32 Å². The number of benzene rings is 1. The van der Waals surface area contributed by atoms with Crippen molar-refractivity contribution in [3.05, 3.63) is 95.2 Å². The van der Waals surface area contributed by atoms with Crippen LogP contribution in [0.5, 0.6) is 0 Å². The van der Waals surface area contributed by atoms with E-state index in [-0.39, 0.29) is 5.69 Å². The van der Waals surface area contributed by atoms with Crippen molar-refractivity contribution in [3.63, 3.8) is 0 Å². The van der Waals surface area contributed by atoms with Crippen LogP contribution in [-0.2, 0) is 6.18 Å². The van der Waals surface area contributed by atoms with Crippen LogP contribution in [0.25, 0.3) is 10.9 Å². The molecule has 32 heavy (non-hydrogen) atoms. The fourth-order valence-electron chi connectivity index (χ4n) is 3.23. The molecule has 162 valence electrons. The minimum atomic E-state index is -4.67. The minimum Gasteiger partial charge on any atom is -0.325 e.